The molecule has 0 aromatic heterocycles. The average molecular weight is 140 g/mol. The third-order valence-corrected chi connectivity index (χ3v) is 1.55. The smallest absolute Gasteiger partial charge is 0.0758 e. The maximum Gasteiger partial charge on any atom is 0.0758 e. The second-order valence-corrected chi connectivity index (χ2v) is 2.41. The first-order valence-electron chi connectivity index (χ1n) is 3.49. The predicted octanol–water partition coefficient (Wildman–Crippen LogP) is 0.616. The van der Waals surface area contributed by atoms with Crippen molar-refractivity contribution in [1.82, 2.24) is 0 Å². The fourth-order valence-electron chi connectivity index (χ4n) is 0.968. The molecule has 0 aromatic carbocycles. The van der Waals surface area contributed by atoms with Gasteiger partial charge in [-0.25, -0.2) is 0 Å². The number of hydrogen-bond donors (Lipinski definition) is 2. The van der Waals surface area contributed by atoms with Gasteiger partial charge < -0.3 is 10.2 Å². The molecular formula is C8H12O2. The Labute approximate surface area is 60.5 Å². The highest BCUT2D eigenvalue weighted by molar-refractivity contribution is 5.23. The van der Waals surface area contributed by atoms with Crippen LogP contribution in [0, 0.1) is 0 Å². The molecule has 2 heteroatoms. The maximum absolute atomic E-state index is 9.00. The number of aliphatic hydroxyl groups excluding tert-OH is 2. The van der Waals surface area contributed by atoms with Gasteiger partial charge in [0.25, 0.3) is 0 Å². The summed E-state index contributed by atoms with van der Waals surface area (Å²) in [4.78, 5) is 0. The van der Waals surface area contributed by atoms with Crippen molar-refractivity contribution in [2.75, 3.05) is 6.61 Å². The molecule has 0 amide bonds. The molecule has 1 unspecified atom stereocenters. The monoisotopic (exact) mass is 140 g/mol. The van der Waals surface area contributed by atoms with Crippen molar-refractivity contribution in [3.63, 3.8) is 0 Å². The summed E-state index contributed by atoms with van der Waals surface area (Å²) in [5.41, 5.74) is 1.12. The molecule has 2 N–H and O–H groups in total. The van der Waals surface area contributed by atoms with Crippen molar-refractivity contribution < 1.29 is 10.2 Å². The Hall–Kier alpha value is -0.600. The molecular weight excluding hydrogens is 128 g/mol. The lowest BCUT2D eigenvalue weighted by Gasteiger charge is -2.09. The lowest BCUT2D eigenvalue weighted by molar-refractivity contribution is 0.224. The molecule has 0 heterocycles. The summed E-state index contributed by atoms with van der Waals surface area (Å²) in [6.45, 7) is 0.187. The van der Waals surface area contributed by atoms with E-state index >= 15 is 0 Å². The third kappa shape index (κ3) is 1.97. The Morgan fingerprint density at radius 1 is 1.60 bits per heavy atom. The third-order valence-electron chi connectivity index (χ3n) is 1.55. The molecule has 0 spiro atoms. The molecule has 0 saturated carbocycles. The highest BCUT2D eigenvalue weighted by atomic mass is 16.3. The Balaban J connectivity index is 2.42. The van der Waals surface area contributed by atoms with Gasteiger partial charge in [0.15, 0.2) is 0 Å². The Morgan fingerprint density at radius 2 is 2.40 bits per heavy atom. The van der Waals surface area contributed by atoms with Crippen LogP contribution < -0.4 is 0 Å². The zero-order valence-corrected chi connectivity index (χ0v) is 5.83. The second kappa shape index (κ2) is 3.54. The van der Waals surface area contributed by atoms with Crippen LogP contribution in [-0.2, 0) is 0 Å². The largest absolute Gasteiger partial charge is 0.396 e. The number of rotatable bonds is 2. The second-order valence-electron chi connectivity index (χ2n) is 2.41. The molecule has 2 nitrogen and oxygen atoms in total. The van der Waals surface area contributed by atoms with Crippen molar-refractivity contribution in [2.45, 2.75) is 18.9 Å². The van der Waals surface area contributed by atoms with Gasteiger partial charge in [0.05, 0.1) is 6.10 Å². The van der Waals surface area contributed by atoms with Crippen molar-refractivity contribution >= 4 is 0 Å². The van der Waals surface area contributed by atoms with Crippen LogP contribution in [0.3, 0.4) is 0 Å². The highest BCUT2D eigenvalue weighted by Crippen LogP contribution is 2.12. The summed E-state index contributed by atoms with van der Waals surface area (Å²) in [6, 6.07) is 0. The summed E-state index contributed by atoms with van der Waals surface area (Å²) in [6.07, 6.45) is 6.65. The summed E-state index contributed by atoms with van der Waals surface area (Å²) in [5.74, 6) is 0. The van der Waals surface area contributed by atoms with Gasteiger partial charge in [-0.05, 0) is 18.4 Å². The van der Waals surface area contributed by atoms with Crippen LogP contribution in [0.2, 0.25) is 0 Å². The van der Waals surface area contributed by atoms with Crippen LogP contribution in [0.4, 0.5) is 0 Å². The molecule has 0 bridgehead atoms. The molecule has 0 aromatic rings. The van der Waals surface area contributed by atoms with E-state index in [-0.39, 0.29) is 12.7 Å². The molecule has 10 heavy (non-hydrogen) atoms. The highest BCUT2D eigenvalue weighted by Gasteiger charge is 2.02. The van der Waals surface area contributed by atoms with Crippen molar-refractivity contribution in [2.24, 2.45) is 0 Å². The quantitative estimate of drug-likeness (QED) is 0.590. The van der Waals surface area contributed by atoms with Gasteiger partial charge in [0.1, 0.15) is 0 Å². The van der Waals surface area contributed by atoms with Gasteiger partial charge in [-0.2, -0.15) is 0 Å². The van der Waals surface area contributed by atoms with Gasteiger partial charge in [-0.15, -0.1) is 0 Å². The van der Waals surface area contributed by atoms with Crippen LogP contribution in [0.25, 0.3) is 0 Å². The molecule has 56 valence electrons. The van der Waals surface area contributed by atoms with Gasteiger partial charge >= 0.3 is 0 Å². The minimum atomic E-state index is -0.317. The van der Waals surface area contributed by atoms with Crippen LogP contribution >= 0.6 is 0 Å². The van der Waals surface area contributed by atoms with Crippen molar-refractivity contribution in [3.8, 4) is 0 Å². The maximum atomic E-state index is 9.00. The van der Waals surface area contributed by atoms with Crippen LogP contribution in [0.15, 0.2) is 23.8 Å². The van der Waals surface area contributed by atoms with Crippen LogP contribution in [-0.4, -0.2) is 22.9 Å². The van der Waals surface area contributed by atoms with E-state index in [2.05, 4.69) is 0 Å². The molecule has 0 aliphatic heterocycles. The fourth-order valence-corrected chi connectivity index (χ4v) is 0.968. The summed E-state index contributed by atoms with van der Waals surface area (Å²) < 4.78 is 0. The van der Waals surface area contributed by atoms with Crippen molar-refractivity contribution in [1.29, 1.82) is 0 Å². The van der Waals surface area contributed by atoms with E-state index < -0.39 is 0 Å². The van der Waals surface area contributed by atoms with E-state index in [0.29, 0.717) is 12.8 Å². The Morgan fingerprint density at radius 3 is 2.90 bits per heavy atom. The van der Waals surface area contributed by atoms with Crippen LogP contribution in [0.1, 0.15) is 12.8 Å². The SMILES string of the molecule is OCCC1=CCC(O)C=C1. The van der Waals surface area contributed by atoms with Crippen LogP contribution in [0.5, 0.6) is 0 Å². The van der Waals surface area contributed by atoms with E-state index in [1.165, 1.54) is 0 Å². The molecule has 0 radical (unpaired) electrons. The number of hydrogen-bond acceptors (Lipinski definition) is 2. The summed E-state index contributed by atoms with van der Waals surface area (Å²) in [7, 11) is 0. The van der Waals surface area contributed by atoms with Gasteiger partial charge in [-0.3, -0.25) is 0 Å². The van der Waals surface area contributed by atoms with Gasteiger partial charge in [-0.1, -0.05) is 18.2 Å². The molecule has 1 aliphatic rings. The zero-order valence-electron chi connectivity index (χ0n) is 5.83. The number of aliphatic hydroxyl groups is 2. The van der Waals surface area contributed by atoms with E-state index in [1.807, 2.05) is 12.2 Å². The lowest BCUT2D eigenvalue weighted by atomic mass is 10.0. The lowest BCUT2D eigenvalue weighted by Crippen LogP contribution is -2.04. The summed E-state index contributed by atoms with van der Waals surface area (Å²) >= 11 is 0. The minimum Gasteiger partial charge on any atom is -0.396 e. The normalized spacial score (nSPS) is 24.6. The first-order chi connectivity index (χ1) is 4.83. The van der Waals surface area contributed by atoms with E-state index in [9.17, 15) is 0 Å². The molecule has 1 aliphatic carbocycles. The van der Waals surface area contributed by atoms with E-state index in [0.717, 1.165) is 5.57 Å². The van der Waals surface area contributed by atoms with E-state index in [1.54, 1.807) is 6.08 Å². The number of allylic oxidation sites excluding steroid dienone is 1. The minimum absolute atomic E-state index is 0.187. The zero-order chi connectivity index (χ0) is 7.40. The first kappa shape index (κ1) is 7.51. The van der Waals surface area contributed by atoms with Gasteiger partial charge in [0.2, 0.25) is 0 Å². The van der Waals surface area contributed by atoms with Crippen molar-refractivity contribution in [3.05, 3.63) is 23.8 Å². The standard InChI is InChI=1S/C8H12O2/c9-6-5-7-1-3-8(10)4-2-7/h1-3,8-10H,4-6H2. The molecule has 0 fully saturated rings. The van der Waals surface area contributed by atoms with E-state index in [4.69, 9.17) is 10.2 Å². The molecule has 1 rings (SSSR count). The molecule has 0 saturated heterocycles. The van der Waals surface area contributed by atoms with Gasteiger partial charge in [0, 0.05) is 6.61 Å². The molecule has 1 atom stereocenters. The topological polar surface area (TPSA) is 40.5 Å². The summed E-state index contributed by atoms with van der Waals surface area (Å²) in [5, 5.41) is 17.5. The fraction of sp³-hybridized carbons (Fsp3) is 0.500. The first-order valence-corrected chi connectivity index (χ1v) is 3.49. The Kier molecular flexibility index (Phi) is 2.66. The Bertz CT molecular complexity index is 159. The average Bonchev–Trinajstić information content (AvgIpc) is 1.95. The predicted molar refractivity (Wildman–Crippen MR) is 39.5 cm³/mol.